The minimum absolute atomic E-state index is 0.0360. The van der Waals surface area contributed by atoms with E-state index in [0.29, 0.717) is 16.9 Å². The number of ketones is 1. The molecule has 0 heterocycles. The van der Waals surface area contributed by atoms with E-state index in [2.05, 4.69) is 18.2 Å². The number of hydrogen-bond acceptors (Lipinski definition) is 4. The minimum atomic E-state index is -0.772. The predicted octanol–water partition coefficient (Wildman–Crippen LogP) is 5.60. The number of hydrogen-bond donors (Lipinski definition) is 1. The van der Waals surface area contributed by atoms with E-state index < -0.39 is 6.10 Å². The van der Waals surface area contributed by atoms with Crippen molar-refractivity contribution in [1.82, 2.24) is 0 Å². The molecule has 0 saturated heterocycles. The van der Waals surface area contributed by atoms with Gasteiger partial charge in [0.1, 0.15) is 30.8 Å². The zero-order chi connectivity index (χ0) is 22.9. The van der Waals surface area contributed by atoms with Crippen LogP contribution in [0.5, 0.6) is 5.75 Å². The second kappa shape index (κ2) is 11.1. The lowest BCUT2D eigenvalue weighted by Gasteiger charge is -2.16. The Morgan fingerprint density at radius 1 is 0.818 bits per heavy atom. The average Bonchev–Trinajstić information content (AvgIpc) is 2.88. The van der Waals surface area contributed by atoms with Crippen molar-refractivity contribution in [3.05, 3.63) is 131 Å². The van der Waals surface area contributed by atoms with Crippen LogP contribution in [0.1, 0.15) is 27.9 Å². The van der Waals surface area contributed by atoms with Crippen LogP contribution in [-0.2, 0) is 4.74 Å². The molecular weight excluding hydrogens is 412 g/mol. The summed E-state index contributed by atoms with van der Waals surface area (Å²) in [5.41, 5.74) is 3.60. The summed E-state index contributed by atoms with van der Waals surface area (Å²) in [7, 11) is 0. The number of aliphatic hydroxyl groups excluding tert-OH is 1. The Morgan fingerprint density at radius 2 is 1.45 bits per heavy atom. The fourth-order valence-corrected chi connectivity index (χ4v) is 3.41. The first-order chi connectivity index (χ1) is 16.2. The van der Waals surface area contributed by atoms with Gasteiger partial charge in [-0.2, -0.15) is 0 Å². The Labute approximate surface area is 194 Å². The first-order valence-electron chi connectivity index (χ1n) is 10.9. The zero-order valence-corrected chi connectivity index (χ0v) is 18.3. The molecule has 4 heteroatoms. The summed E-state index contributed by atoms with van der Waals surface area (Å²) in [6.07, 6.45) is 8.10. The molecule has 3 aromatic rings. The Bertz CT molecular complexity index is 1140. The van der Waals surface area contributed by atoms with E-state index >= 15 is 0 Å². The highest BCUT2D eigenvalue weighted by Gasteiger charge is 2.11. The van der Waals surface area contributed by atoms with Crippen LogP contribution in [0, 0.1) is 0 Å². The van der Waals surface area contributed by atoms with Crippen LogP contribution in [0.15, 0.2) is 114 Å². The maximum absolute atomic E-state index is 12.5. The topological polar surface area (TPSA) is 55.8 Å². The summed E-state index contributed by atoms with van der Waals surface area (Å²) in [4.78, 5) is 12.5. The molecule has 0 amide bonds. The fourth-order valence-electron chi connectivity index (χ4n) is 3.41. The van der Waals surface area contributed by atoms with E-state index in [0.717, 1.165) is 12.2 Å². The van der Waals surface area contributed by atoms with E-state index in [-0.39, 0.29) is 19.0 Å². The lowest BCUT2D eigenvalue weighted by Crippen LogP contribution is -2.23. The van der Waals surface area contributed by atoms with E-state index in [1.165, 1.54) is 11.1 Å². The average molecular weight is 439 g/mol. The third kappa shape index (κ3) is 6.55. The number of aliphatic hydroxyl groups is 1. The van der Waals surface area contributed by atoms with Gasteiger partial charge in [-0.1, -0.05) is 72.8 Å². The number of rotatable bonds is 9. The summed E-state index contributed by atoms with van der Waals surface area (Å²) in [5, 5.41) is 10.2. The Hall–Kier alpha value is -3.89. The maximum atomic E-state index is 12.5. The minimum Gasteiger partial charge on any atom is -0.491 e. The van der Waals surface area contributed by atoms with Gasteiger partial charge in [0.15, 0.2) is 5.78 Å². The first kappa shape index (κ1) is 22.3. The van der Waals surface area contributed by atoms with Gasteiger partial charge >= 0.3 is 0 Å². The Balaban J connectivity index is 1.21. The summed E-state index contributed by atoms with van der Waals surface area (Å²) < 4.78 is 11.3. The molecule has 0 fully saturated rings. The van der Waals surface area contributed by atoms with Gasteiger partial charge in [0, 0.05) is 11.1 Å². The van der Waals surface area contributed by atoms with Gasteiger partial charge in [-0.25, -0.2) is 0 Å². The number of carbonyl (C=O) groups excluding carboxylic acids is 1. The van der Waals surface area contributed by atoms with Crippen molar-refractivity contribution < 1.29 is 19.4 Å². The zero-order valence-electron chi connectivity index (χ0n) is 18.3. The Morgan fingerprint density at radius 3 is 2.12 bits per heavy atom. The molecule has 0 aromatic heterocycles. The highest BCUT2D eigenvalue weighted by molar-refractivity contribution is 6.08. The van der Waals surface area contributed by atoms with Crippen LogP contribution in [-0.4, -0.2) is 30.2 Å². The number of benzene rings is 3. The number of allylic oxidation sites excluding steroid dienone is 4. The van der Waals surface area contributed by atoms with Crippen LogP contribution in [0.3, 0.4) is 0 Å². The predicted molar refractivity (Wildman–Crippen MR) is 130 cm³/mol. The van der Waals surface area contributed by atoms with Crippen molar-refractivity contribution in [1.29, 1.82) is 0 Å². The van der Waals surface area contributed by atoms with E-state index in [1.54, 1.807) is 36.4 Å². The molecule has 1 aliphatic carbocycles. The molecule has 166 valence electrons. The number of carbonyl (C=O) groups is 1. The van der Waals surface area contributed by atoms with E-state index in [4.69, 9.17) is 9.47 Å². The lowest BCUT2D eigenvalue weighted by molar-refractivity contribution is 0.0402. The molecule has 4 rings (SSSR count). The van der Waals surface area contributed by atoms with Crippen LogP contribution in [0.2, 0.25) is 0 Å². The third-order valence-corrected chi connectivity index (χ3v) is 5.19. The van der Waals surface area contributed by atoms with Crippen molar-refractivity contribution in [2.45, 2.75) is 12.5 Å². The van der Waals surface area contributed by atoms with Crippen molar-refractivity contribution in [2.24, 2.45) is 0 Å². The molecule has 1 unspecified atom stereocenters. The highest BCUT2D eigenvalue weighted by Crippen LogP contribution is 2.20. The SMILES string of the molecule is O=C(c1ccccc1)c1ccc(OCC(O)COC2=CCC(=Cc3ccccc3)C=C2)cc1. The van der Waals surface area contributed by atoms with Crippen molar-refractivity contribution in [3.63, 3.8) is 0 Å². The molecule has 33 heavy (non-hydrogen) atoms. The summed E-state index contributed by atoms with van der Waals surface area (Å²) in [6.45, 7) is 0.237. The van der Waals surface area contributed by atoms with Gasteiger partial charge in [0.2, 0.25) is 0 Å². The van der Waals surface area contributed by atoms with Crippen molar-refractivity contribution >= 4 is 11.9 Å². The molecule has 1 atom stereocenters. The molecule has 1 aliphatic rings. The molecule has 4 nitrogen and oxygen atoms in total. The highest BCUT2D eigenvalue weighted by atomic mass is 16.5. The quantitative estimate of drug-likeness (QED) is 0.442. The van der Waals surface area contributed by atoms with Crippen molar-refractivity contribution in [2.75, 3.05) is 13.2 Å². The van der Waals surface area contributed by atoms with Gasteiger partial charge in [0.05, 0.1) is 0 Å². The molecule has 0 bridgehead atoms. The van der Waals surface area contributed by atoms with Gasteiger partial charge in [-0.3, -0.25) is 4.79 Å². The fraction of sp³-hybridized carbons (Fsp3) is 0.138. The molecule has 1 N–H and O–H groups in total. The summed E-state index contributed by atoms with van der Waals surface area (Å²) in [6, 6.07) is 26.2. The lowest BCUT2D eigenvalue weighted by atomic mass is 10.0. The summed E-state index contributed by atoms with van der Waals surface area (Å²) in [5.74, 6) is 1.29. The molecular formula is C29H26O4. The Kier molecular flexibility index (Phi) is 7.52. The molecule has 3 aromatic carbocycles. The molecule has 0 radical (unpaired) electrons. The third-order valence-electron chi connectivity index (χ3n) is 5.19. The van der Waals surface area contributed by atoms with Gasteiger partial charge in [-0.15, -0.1) is 0 Å². The van der Waals surface area contributed by atoms with Gasteiger partial charge in [-0.05, 0) is 54.0 Å². The largest absolute Gasteiger partial charge is 0.491 e. The normalized spacial score (nSPS) is 15.1. The second-order valence-corrected chi connectivity index (χ2v) is 7.77. The molecule has 0 saturated carbocycles. The van der Waals surface area contributed by atoms with Crippen LogP contribution in [0.25, 0.3) is 6.08 Å². The smallest absolute Gasteiger partial charge is 0.193 e. The second-order valence-electron chi connectivity index (χ2n) is 7.77. The van der Waals surface area contributed by atoms with E-state index in [1.807, 2.05) is 54.6 Å². The molecule has 0 aliphatic heterocycles. The summed E-state index contributed by atoms with van der Waals surface area (Å²) >= 11 is 0. The number of ether oxygens (including phenoxy) is 2. The van der Waals surface area contributed by atoms with E-state index in [9.17, 15) is 9.90 Å². The van der Waals surface area contributed by atoms with Crippen molar-refractivity contribution in [3.8, 4) is 5.75 Å². The van der Waals surface area contributed by atoms with Crippen LogP contribution >= 0.6 is 0 Å². The van der Waals surface area contributed by atoms with Gasteiger partial charge < -0.3 is 14.6 Å². The molecule has 0 spiro atoms. The monoisotopic (exact) mass is 438 g/mol. The van der Waals surface area contributed by atoms with Gasteiger partial charge in [0.25, 0.3) is 0 Å². The standard InChI is InChI=1S/C29H26O4/c30-26(20-32-27-15-11-23(12-16-27)19-22-7-3-1-4-8-22)21-33-28-17-13-25(14-18-28)29(31)24-9-5-2-6-10-24/h1-11,13-19,26,30H,12,20-21H2. The van der Waals surface area contributed by atoms with Crippen LogP contribution < -0.4 is 4.74 Å². The maximum Gasteiger partial charge on any atom is 0.193 e. The van der Waals surface area contributed by atoms with Crippen LogP contribution in [0.4, 0.5) is 0 Å². The first-order valence-corrected chi connectivity index (χ1v) is 10.9.